The van der Waals surface area contributed by atoms with E-state index in [9.17, 15) is 9.59 Å². The number of carbonyl (C=O) groups is 2. The first-order valence-electron chi connectivity index (χ1n) is 5.84. The highest BCUT2D eigenvalue weighted by Crippen LogP contribution is 2.21. The van der Waals surface area contributed by atoms with E-state index in [1.54, 1.807) is 6.20 Å². The molecule has 3 N–H and O–H groups in total. The molecule has 0 fully saturated rings. The second-order valence-corrected chi connectivity index (χ2v) is 4.58. The topological polar surface area (TPSA) is 103 Å². The maximum absolute atomic E-state index is 11.1. The minimum atomic E-state index is -1.10. The molecule has 6 nitrogen and oxygen atoms in total. The van der Waals surface area contributed by atoms with Crippen molar-refractivity contribution in [2.24, 2.45) is 5.92 Å². The summed E-state index contributed by atoms with van der Waals surface area (Å²) in [7, 11) is 0. The van der Waals surface area contributed by atoms with E-state index in [-0.39, 0.29) is 12.8 Å². The second-order valence-electron chi connectivity index (χ2n) is 4.58. The number of benzene rings is 1. The molecule has 100 valence electrons. The molecule has 0 aliphatic heterocycles. The number of carboxylic acid groups (broad SMARTS) is 2. The summed E-state index contributed by atoms with van der Waals surface area (Å²) in [6, 6.07) is 3.70. The lowest BCUT2D eigenvalue weighted by molar-refractivity contribution is -0.148. The zero-order chi connectivity index (χ0) is 14.0. The monoisotopic (exact) mass is 262 g/mol. The van der Waals surface area contributed by atoms with Gasteiger partial charge in [0.1, 0.15) is 0 Å². The molecule has 0 saturated heterocycles. The summed E-state index contributed by atoms with van der Waals surface area (Å²) in [6.45, 7) is 1.90. The van der Waals surface area contributed by atoms with E-state index in [0.29, 0.717) is 0 Å². The predicted molar refractivity (Wildman–Crippen MR) is 67.9 cm³/mol. The molecule has 1 aromatic heterocycles. The number of rotatable bonds is 5. The Morgan fingerprint density at radius 3 is 2.74 bits per heavy atom. The van der Waals surface area contributed by atoms with Gasteiger partial charge < -0.3 is 10.2 Å². The van der Waals surface area contributed by atoms with Gasteiger partial charge >= 0.3 is 11.9 Å². The number of hydrogen-bond acceptors (Lipinski definition) is 3. The van der Waals surface area contributed by atoms with E-state index in [1.165, 1.54) is 0 Å². The number of aliphatic carboxylic acids is 2. The molecule has 0 aliphatic carbocycles. The van der Waals surface area contributed by atoms with Gasteiger partial charge in [-0.1, -0.05) is 6.07 Å². The van der Waals surface area contributed by atoms with Gasteiger partial charge in [-0.2, -0.15) is 5.10 Å². The Hall–Kier alpha value is -2.37. The first-order valence-corrected chi connectivity index (χ1v) is 5.84. The van der Waals surface area contributed by atoms with Gasteiger partial charge in [-0.3, -0.25) is 14.7 Å². The van der Waals surface area contributed by atoms with E-state index < -0.39 is 17.9 Å². The number of fused-ring (bicyclic) bond motifs is 1. The molecule has 6 heteroatoms. The molecule has 2 aromatic rings. The lowest BCUT2D eigenvalue weighted by Gasteiger charge is -2.10. The summed E-state index contributed by atoms with van der Waals surface area (Å²) in [6.07, 6.45) is 1.49. The van der Waals surface area contributed by atoms with Crippen LogP contribution in [-0.4, -0.2) is 32.3 Å². The lowest BCUT2D eigenvalue weighted by Crippen LogP contribution is -2.20. The average Bonchev–Trinajstić information content (AvgIpc) is 2.76. The van der Waals surface area contributed by atoms with Gasteiger partial charge in [0.05, 0.1) is 24.1 Å². The Kier molecular flexibility index (Phi) is 3.50. The summed E-state index contributed by atoms with van der Waals surface area (Å²) in [5.74, 6) is -3.11. The summed E-state index contributed by atoms with van der Waals surface area (Å²) < 4.78 is 0. The Morgan fingerprint density at radius 2 is 2.11 bits per heavy atom. The van der Waals surface area contributed by atoms with Crippen LogP contribution in [0.1, 0.15) is 17.5 Å². The van der Waals surface area contributed by atoms with Gasteiger partial charge in [0.15, 0.2) is 0 Å². The van der Waals surface area contributed by atoms with Crippen LogP contribution in [0.5, 0.6) is 0 Å². The molecule has 0 saturated carbocycles. The van der Waals surface area contributed by atoms with Crippen LogP contribution in [0, 0.1) is 12.8 Å². The van der Waals surface area contributed by atoms with Crippen LogP contribution in [0.15, 0.2) is 18.3 Å². The number of nitrogens with zero attached hydrogens (tertiary/aromatic N) is 1. The van der Waals surface area contributed by atoms with Crippen molar-refractivity contribution in [2.75, 3.05) is 0 Å². The highest BCUT2D eigenvalue weighted by atomic mass is 16.4. The summed E-state index contributed by atoms with van der Waals surface area (Å²) in [5.41, 5.74) is 2.68. The van der Waals surface area contributed by atoms with Crippen molar-refractivity contribution < 1.29 is 19.8 Å². The average molecular weight is 262 g/mol. The van der Waals surface area contributed by atoms with Crippen LogP contribution >= 0.6 is 0 Å². The van der Waals surface area contributed by atoms with E-state index in [2.05, 4.69) is 10.2 Å². The zero-order valence-corrected chi connectivity index (χ0v) is 10.4. The van der Waals surface area contributed by atoms with E-state index in [1.807, 2.05) is 19.1 Å². The Balaban J connectivity index is 2.28. The molecule has 0 radical (unpaired) electrons. The molecular formula is C13H14N2O4. The minimum absolute atomic E-state index is 0.198. The molecule has 0 bridgehead atoms. The number of H-pyrrole nitrogens is 1. The maximum Gasteiger partial charge on any atom is 0.307 e. The minimum Gasteiger partial charge on any atom is -0.481 e. The van der Waals surface area contributed by atoms with E-state index in [4.69, 9.17) is 10.2 Å². The van der Waals surface area contributed by atoms with Gasteiger partial charge in [-0.15, -0.1) is 0 Å². The molecule has 2 rings (SSSR count). The van der Waals surface area contributed by atoms with Gasteiger partial charge in [-0.05, 0) is 30.5 Å². The van der Waals surface area contributed by atoms with Gasteiger partial charge in [0.2, 0.25) is 0 Å². The van der Waals surface area contributed by atoms with Crippen LogP contribution in [0.4, 0.5) is 0 Å². The lowest BCUT2D eigenvalue weighted by atomic mass is 9.94. The van der Waals surface area contributed by atoms with Gasteiger partial charge in [0.25, 0.3) is 0 Å². The molecule has 0 amide bonds. The van der Waals surface area contributed by atoms with Gasteiger partial charge in [0, 0.05) is 5.39 Å². The van der Waals surface area contributed by atoms with E-state index in [0.717, 1.165) is 22.0 Å². The molecule has 0 spiro atoms. The SMILES string of the molecule is Cc1cc(CC(CC(=O)O)C(=O)O)cc2cn[nH]c12. The fourth-order valence-corrected chi connectivity index (χ4v) is 2.17. The first-order chi connectivity index (χ1) is 8.97. The van der Waals surface area contributed by atoms with Crippen molar-refractivity contribution in [1.82, 2.24) is 10.2 Å². The Labute approximate surface area is 109 Å². The van der Waals surface area contributed by atoms with Crippen LogP contribution in [-0.2, 0) is 16.0 Å². The molecule has 19 heavy (non-hydrogen) atoms. The van der Waals surface area contributed by atoms with Crippen LogP contribution in [0.25, 0.3) is 10.9 Å². The maximum atomic E-state index is 11.1. The third kappa shape index (κ3) is 2.90. The van der Waals surface area contributed by atoms with E-state index >= 15 is 0 Å². The number of aryl methyl sites for hydroxylation is 1. The molecule has 1 atom stereocenters. The predicted octanol–water partition coefficient (Wildman–Crippen LogP) is 1.59. The van der Waals surface area contributed by atoms with Gasteiger partial charge in [-0.25, -0.2) is 0 Å². The summed E-state index contributed by atoms with van der Waals surface area (Å²) in [5, 5.41) is 25.5. The smallest absolute Gasteiger partial charge is 0.307 e. The molecule has 1 heterocycles. The highest BCUT2D eigenvalue weighted by Gasteiger charge is 2.21. The zero-order valence-electron chi connectivity index (χ0n) is 10.4. The fourth-order valence-electron chi connectivity index (χ4n) is 2.17. The number of aromatic amines is 1. The third-order valence-corrected chi connectivity index (χ3v) is 3.06. The molecular weight excluding hydrogens is 248 g/mol. The number of nitrogens with one attached hydrogen (secondary N) is 1. The van der Waals surface area contributed by atoms with Crippen LogP contribution < -0.4 is 0 Å². The fraction of sp³-hybridized carbons (Fsp3) is 0.308. The number of hydrogen-bond donors (Lipinski definition) is 3. The van der Waals surface area contributed by atoms with Crippen molar-refractivity contribution >= 4 is 22.8 Å². The first kappa shape index (κ1) is 13.1. The van der Waals surface area contributed by atoms with Crippen molar-refractivity contribution in [3.05, 3.63) is 29.5 Å². The van der Waals surface area contributed by atoms with Crippen molar-refractivity contribution in [3.8, 4) is 0 Å². The van der Waals surface area contributed by atoms with Crippen LogP contribution in [0.3, 0.4) is 0 Å². The van der Waals surface area contributed by atoms with Crippen molar-refractivity contribution in [2.45, 2.75) is 19.8 Å². The quantitative estimate of drug-likeness (QED) is 0.759. The summed E-state index contributed by atoms with van der Waals surface area (Å²) in [4.78, 5) is 21.7. The number of carboxylic acids is 2. The highest BCUT2D eigenvalue weighted by molar-refractivity contribution is 5.82. The Morgan fingerprint density at radius 1 is 1.37 bits per heavy atom. The summed E-state index contributed by atoms with van der Waals surface area (Å²) >= 11 is 0. The normalized spacial score (nSPS) is 12.5. The second kappa shape index (κ2) is 5.09. The molecule has 1 unspecified atom stereocenters. The standard InChI is InChI=1S/C13H14N2O4/c1-7-2-8(4-10-6-14-15-12(7)10)3-9(13(18)19)5-11(16)17/h2,4,6,9H,3,5H2,1H3,(H,14,15)(H,16,17)(H,18,19). The van der Waals surface area contributed by atoms with Crippen molar-refractivity contribution in [3.63, 3.8) is 0 Å². The molecule has 1 aromatic carbocycles. The van der Waals surface area contributed by atoms with Crippen LogP contribution in [0.2, 0.25) is 0 Å². The third-order valence-electron chi connectivity index (χ3n) is 3.06. The number of aromatic nitrogens is 2. The Bertz CT molecular complexity index is 633. The molecule has 0 aliphatic rings. The van der Waals surface area contributed by atoms with Crippen molar-refractivity contribution in [1.29, 1.82) is 0 Å². The largest absolute Gasteiger partial charge is 0.481 e.